The summed E-state index contributed by atoms with van der Waals surface area (Å²) in [6.45, 7) is 0. The van der Waals surface area contributed by atoms with Gasteiger partial charge in [-0.05, 0) is 6.42 Å². The van der Waals surface area contributed by atoms with E-state index in [9.17, 15) is 0 Å². The van der Waals surface area contributed by atoms with Crippen LogP contribution >= 0.6 is 0 Å². The minimum Gasteiger partial charge on any atom is -0.402 e. The van der Waals surface area contributed by atoms with Crippen LogP contribution in [0.25, 0.3) is 0 Å². The summed E-state index contributed by atoms with van der Waals surface area (Å²) in [6, 6.07) is -0.0602. The highest BCUT2D eigenvalue weighted by atomic mass is 16.3. The third kappa shape index (κ3) is 0.455. The maximum absolute atomic E-state index is 8.39. The molecule has 1 unspecified atom stereocenters. The monoisotopic (exact) mass is 69.1 g/mol. The van der Waals surface area contributed by atoms with E-state index >= 15 is 0 Å². The van der Waals surface area contributed by atoms with Crippen LogP contribution in [0.2, 0.25) is 6.32 Å². The van der Waals surface area contributed by atoms with Gasteiger partial charge in [0.2, 0.25) is 0 Å². The number of aliphatic hydroxyl groups excluding tert-OH is 1. The third-order valence-corrected chi connectivity index (χ3v) is 0.901. The molecule has 0 aromatic carbocycles. The van der Waals surface area contributed by atoms with Crippen molar-refractivity contribution < 1.29 is 5.11 Å². The maximum atomic E-state index is 8.39. The van der Waals surface area contributed by atoms with Crippen LogP contribution in [0.1, 0.15) is 6.42 Å². The van der Waals surface area contributed by atoms with Crippen molar-refractivity contribution in [2.24, 2.45) is 0 Å². The number of hydrogen-bond donors (Lipinski definition) is 1. The fourth-order valence-electron chi connectivity index (χ4n) is 0.316. The molecule has 0 aliphatic carbocycles. The Kier molecular flexibility index (Phi) is 0.654. The second-order valence-corrected chi connectivity index (χ2v) is 1.38. The zero-order valence-corrected chi connectivity index (χ0v) is 3.02. The normalized spacial score (nSPS) is 35.0. The van der Waals surface area contributed by atoms with E-state index in [0.717, 1.165) is 12.7 Å². The molecule has 5 heavy (non-hydrogen) atoms. The van der Waals surface area contributed by atoms with Crippen molar-refractivity contribution in [3.05, 3.63) is 0 Å². The van der Waals surface area contributed by atoms with E-state index in [2.05, 4.69) is 0 Å². The summed E-state index contributed by atoms with van der Waals surface area (Å²) >= 11 is 0. The molecule has 1 N–H and O–H groups in total. The molecule has 1 heterocycles. The van der Waals surface area contributed by atoms with Crippen molar-refractivity contribution in [3.63, 3.8) is 0 Å². The highest BCUT2D eigenvalue weighted by Gasteiger charge is 2.13. The van der Waals surface area contributed by atoms with E-state index in [-0.39, 0.29) is 6.00 Å². The van der Waals surface area contributed by atoms with Crippen molar-refractivity contribution in [1.29, 1.82) is 0 Å². The van der Waals surface area contributed by atoms with Crippen molar-refractivity contribution in [3.8, 4) is 0 Å². The van der Waals surface area contributed by atoms with E-state index < -0.39 is 0 Å². The molecule has 1 atom stereocenters. The smallest absolute Gasteiger partial charge is 0.149 e. The summed E-state index contributed by atoms with van der Waals surface area (Å²) in [7, 11) is 1.90. The molecule has 0 saturated carbocycles. The second kappa shape index (κ2) is 1.01. The molecular weight excluding hydrogens is 62.8 g/mol. The van der Waals surface area contributed by atoms with Crippen LogP contribution in [-0.2, 0) is 0 Å². The van der Waals surface area contributed by atoms with Crippen LogP contribution in [0, 0.1) is 0 Å². The summed E-state index contributed by atoms with van der Waals surface area (Å²) in [5, 5.41) is 8.39. The van der Waals surface area contributed by atoms with Gasteiger partial charge in [-0.15, -0.1) is 0 Å². The lowest BCUT2D eigenvalue weighted by molar-refractivity contribution is 0.228. The number of hydrogen-bond acceptors (Lipinski definition) is 1. The fourth-order valence-corrected chi connectivity index (χ4v) is 0.316. The van der Waals surface area contributed by atoms with E-state index in [1.807, 2.05) is 7.28 Å². The lowest BCUT2D eigenvalue weighted by Gasteiger charge is -2.16. The van der Waals surface area contributed by atoms with Crippen LogP contribution in [0.3, 0.4) is 0 Å². The van der Waals surface area contributed by atoms with Crippen molar-refractivity contribution in [2.45, 2.75) is 18.7 Å². The van der Waals surface area contributed by atoms with Gasteiger partial charge < -0.3 is 5.11 Å². The van der Waals surface area contributed by atoms with Crippen molar-refractivity contribution in [1.82, 2.24) is 0 Å². The van der Waals surface area contributed by atoms with Crippen LogP contribution in [-0.4, -0.2) is 18.4 Å². The summed E-state index contributed by atoms with van der Waals surface area (Å²) in [6.07, 6.45) is 2.10. The molecule has 1 saturated heterocycles. The third-order valence-electron chi connectivity index (χ3n) is 0.901. The Hall–Kier alpha value is 0.0249. The quantitative estimate of drug-likeness (QED) is 0.391. The van der Waals surface area contributed by atoms with Gasteiger partial charge in [0.15, 0.2) is 0 Å². The highest BCUT2D eigenvalue weighted by Crippen LogP contribution is 2.07. The standard InChI is InChI=1S/C3H6BO/c5-3-1-2-4-3/h3,5H,1-2H2. The number of aliphatic hydroxyl groups is 1. The first kappa shape index (κ1) is 3.22. The van der Waals surface area contributed by atoms with Crippen molar-refractivity contribution in [2.75, 3.05) is 0 Å². The molecule has 0 spiro atoms. The van der Waals surface area contributed by atoms with E-state index in [1.165, 1.54) is 0 Å². The molecule has 0 aromatic rings. The second-order valence-electron chi connectivity index (χ2n) is 1.38. The van der Waals surface area contributed by atoms with E-state index in [0.29, 0.717) is 0 Å². The molecule has 0 bridgehead atoms. The average Bonchev–Trinajstić information content (AvgIpc) is 1.30. The Labute approximate surface area is 32.2 Å². The van der Waals surface area contributed by atoms with Gasteiger partial charge in [-0.3, -0.25) is 0 Å². The van der Waals surface area contributed by atoms with Gasteiger partial charge >= 0.3 is 0 Å². The maximum Gasteiger partial charge on any atom is 0.149 e. The Morgan fingerprint density at radius 2 is 2.20 bits per heavy atom. The fraction of sp³-hybridized carbons (Fsp3) is 1.00. The summed E-state index contributed by atoms with van der Waals surface area (Å²) in [5.74, 6) is 0. The van der Waals surface area contributed by atoms with Crippen LogP contribution in [0.5, 0.6) is 0 Å². The predicted octanol–water partition coefficient (Wildman–Crippen LogP) is -0.169. The molecule has 1 rings (SSSR count). The first-order chi connectivity index (χ1) is 2.39. The lowest BCUT2D eigenvalue weighted by atomic mass is 9.54. The van der Waals surface area contributed by atoms with Gasteiger partial charge in [0, 0.05) is 6.00 Å². The molecule has 0 aromatic heterocycles. The van der Waals surface area contributed by atoms with Gasteiger partial charge in [-0.1, -0.05) is 6.32 Å². The van der Waals surface area contributed by atoms with Crippen LogP contribution < -0.4 is 0 Å². The van der Waals surface area contributed by atoms with E-state index in [4.69, 9.17) is 5.11 Å². The summed E-state index contributed by atoms with van der Waals surface area (Å²) in [5.41, 5.74) is 0. The zero-order valence-electron chi connectivity index (χ0n) is 3.02. The van der Waals surface area contributed by atoms with Crippen molar-refractivity contribution >= 4 is 7.28 Å². The van der Waals surface area contributed by atoms with Gasteiger partial charge in [0.05, 0.1) is 0 Å². The Balaban J connectivity index is 2.08. The average molecular weight is 68.9 g/mol. The summed E-state index contributed by atoms with van der Waals surface area (Å²) < 4.78 is 0. The molecule has 2 heteroatoms. The van der Waals surface area contributed by atoms with Gasteiger partial charge in [0.25, 0.3) is 0 Å². The molecule has 1 radical (unpaired) electrons. The molecule has 1 aliphatic rings. The van der Waals surface area contributed by atoms with Gasteiger partial charge in [0.1, 0.15) is 7.28 Å². The molecule has 1 aliphatic heterocycles. The molecule has 1 nitrogen and oxygen atoms in total. The van der Waals surface area contributed by atoms with Gasteiger partial charge in [-0.2, -0.15) is 0 Å². The minimum absolute atomic E-state index is 0.0602. The summed E-state index contributed by atoms with van der Waals surface area (Å²) in [4.78, 5) is 0. The first-order valence-electron chi connectivity index (χ1n) is 1.91. The molecule has 27 valence electrons. The van der Waals surface area contributed by atoms with Crippen LogP contribution in [0.15, 0.2) is 0 Å². The SMILES string of the molecule is OC1[B]CC1. The minimum atomic E-state index is -0.0602. The topological polar surface area (TPSA) is 20.2 Å². The molecular formula is C3H6BO. The molecule has 1 fully saturated rings. The zero-order chi connectivity index (χ0) is 3.70. The van der Waals surface area contributed by atoms with Gasteiger partial charge in [-0.25, -0.2) is 0 Å². The Morgan fingerprint density at radius 3 is 2.20 bits per heavy atom. The molecule has 0 amide bonds. The van der Waals surface area contributed by atoms with Crippen LogP contribution in [0.4, 0.5) is 0 Å². The highest BCUT2D eigenvalue weighted by molar-refractivity contribution is 6.40. The first-order valence-corrected chi connectivity index (χ1v) is 1.91. The van der Waals surface area contributed by atoms with E-state index in [1.54, 1.807) is 0 Å². The largest absolute Gasteiger partial charge is 0.402 e. The lowest BCUT2D eigenvalue weighted by Crippen LogP contribution is -2.26. The predicted molar refractivity (Wildman–Crippen MR) is 21.2 cm³/mol. The Bertz CT molecular complexity index is 33.9. The number of rotatable bonds is 0. The Morgan fingerprint density at radius 1 is 1.80 bits per heavy atom.